The van der Waals surface area contributed by atoms with Gasteiger partial charge in [-0.05, 0) is 25.3 Å². The van der Waals surface area contributed by atoms with Gasteiger partial charge in [-0.15, -0.1) is 0 Å². The van der Waals surface area contributed by atoms with Gasteiger partial charge in [-0.2, -0.15) is 5.26 Å². The number of nitrogens with zero attached hydrogens (tertiary/aromatic N) is 2. The second-order valence-electron chi connectivity index (χ2n) is 5.02. The summed E-state index contributed by atoms with van der Waals surface area (Å²) in [7, 11) is 0. The van der Waals surface area contributed by atoms with E-state index in [0.717, 1.165) is 12.1 Å². The van der Waals surface area contributed by atoms with Crippen LogP contribution < -0.4 is 11.1 Å². The molecule has 92 valence electrons. The number of aromatic nitrogens is 1. The van der Waals surface area contributed by atoms with Crippen molar-refractivity contribution < 1.29 is 0 Å². The van der Waals surface area contributed by atoms with Gasteiger partial charge in [-0.1, -0.05) is 13.8 Å². The van der Waals surface area contributed by atoms with Crippen LogP contribution in [0, 0.1) is 17.2 Å². The Morgan fingerprint density at radius 2 is 2.29 bits per heavy atom. The number of hydrogen-bond acceptors (Lipinski definition) is 4. The molecule has 1 rings (SSSR count). The van der Waals surface area contributed by atoms with E-state index in [9.17, 15) is 0 Å². The summed E-state index contributed by atoms with van der Waals surface area (Å²) in [4.78, 5) is 4.04. The van der Waals surface area contributed by atoms with Gasteiger partial charge in [-0.25, -0.2) is 0 Å². The number of nitrogens with two attached hydrogens (primary N) is 1. The summed E-state index contributed by atoms with van der Waals surface area (Å²) in [5, 5.41) is 12.4. The molecule has 1 atom stereocenters. The van der Waals surface area contributed by atoms with E-state index < -0.39 is 0 Å². The van der Waals surface area contributed by atoms with Gasteiger partial charge in [0.2, 0.25) is 0 Å². The van der Waals surface area contributed by atoms with Crippen molar-refractivity contribution >= 4 is 5.69 Å². The van der Waals surface area contributed by atoms with Crippen molar-refractivity contribution in [3.63, 3.8) is 0 Å². The summed E-state index contributed by atoms with van der Waals surface area (Å²) in [5.74, 6) is 0.540. The lowest BCUT2D eigenvalue weighted by Gasteiger charge is -2.32. The molecule has 0 saturated heterocycles. The van der Waals surface area contributed by atoms with Crippen LogP contribution in [0.5, 0.6) is 0 Å². The molecule has 1 aromatic heterocycles. The molecule has 0 amide bonds. The summed E-state index contributed by atoms with van der Waals surface area (Å²) in [6.45, 7) is 6.90. The number of nitrogens with one attached hydrogen (secondary N) is 1. The van der Waals surface area contributed by atoms with Crippen LogP contribution in [0.2, 0.25) is 0 Å². The molecule has 1 aromatic rings. The molecule has 17 heavy (non-hydrogen) atoms. The maximum absolute atomic E-state index is 9.02. The minimum Gasteiger partial charge on any atom is -0.376 e. The van der Waals surface area contributed by atoms with Crippen molar-refractivity contribution in [1.29, 1.82) is 5.26 Å². The van der Waals surface area contributed by atoms with Crippen LogP contribution in [0.15, 0.2) is 18.5 Å². The zero-order valence-electron chi connectivity index (χ0n) is 10.7. The van der Waals surface area contributed by atoms with Crippen molar-refractivity contribution in [3.8, 4) is 6.07 Å². The van der Waals surface area contributed by atoms with E-state index in [2.05, 4.69) is 37.1 Å². The Bertz CT molecular complexity index is 408. The second-order valence-corrected chi connectivity index (χ2v) is 5.02. The van der Waals surface area contributed by atoms with Crippen molar-refractivity contribution in [1.82, 2.24) is 4.98 Å². The van der Waals surface area contributed by atoms with E-state index in [1.165, 1.54) is 0 Å². The van der Waals surface area contributed by atoms with Crippen LogP contribution in [0.3, 0.4) is 0 Å². The highest BCUT2D eigenvalue weighted by molar-refractivity contribution is 5.56. The average Bonchev–Trinajstić information content (AvgIpc) is 2.28. The van der Waals surface area contributed by atoms with Gasteiger partial charge in [0.25, 0.3) is 0 Å². The molecular formula is C13H20N4. The minimum atomic E-state index is -0.206. The van der Waals surface area contributed by atoms with Crippen molar-refractivity contribution in [2.24, 2.45) is 11.7 Å². The Morgan fingerprint density at radius 1 is 1.59 bits per heavy atom. The van der Waals surface area contributed by atoms with E-state index in [-0.39, 0.29) is 5.54 Å². The first kappa shape index (κ1) is 13.5. The average molecular weight is 232 g/mol. The maximum atomic E-state index is 9.02. The summed E-state index contributed by atoms with van der Waals surface area (Å²) in [5.41, 5.74) is 6.98. The van der Waals surface area contributed by atoms with Crippen molar-refractivity contribution in [2.75, 3.05) is 11.9 Å². The first-order chi connectivity index (χ1) is 8.00. The number of nitriles is 1. The van der Waals surface area contributed by atoms with Crippen molar-refractivity contribution in [3.05, 3.63) is 24.0 Å². The van der Waals surface area contributed by atoms with Crippen LogP contribution in [0.25, 0.3) is 0 Å². The zero-order valence-corrected chi connectivity index (χ0v) is 10.7. The van der Waals surface area contributed by atoms with Crippen LogP contribution >= 0.6 is 0 Å². The third-order valence-electron chi connectivity index (χ3n) is 2.69. The monoisotopic (exact) mass is 232 g/mol. The van der Waals surface area contributed by atoms with Crippen LogP contribution in [0.1, 0.15) is 32.8 Å². The first-order valence-corrected chi connectivity index (χ1v) is 5.83. The highest BCUT2D eigenvalue weighted by Gasteiger charge is 2.24. The SMILES string of the molecule is CC(C)CC(C)(CN)Nc1cnccc1C#N. The van der Waals surface area contributed by atoms with Crippen LogP contribution in [0.4, 0.5) is 5.69 Å². The quantitative estimate of drug-likeness (QED) is 0.815. The predicted octanol–water partition coefficient (Wildman–Crippen LogP) is 2.13. The van der Waals surface area contributed by atoms with Crippen molar-refractivity contribution in [2.45, 2.75) is 32.7 Å². The molecule has 4 heteroatoms. The summed E-state index contributed by atoms with van der Waals surface area (Å²) in [6.07, 6.45) is 4.24. The lowest BCUT2D eigenvalue weighted by atomic mass is 9.90. The molecule has 1 heterocycles. The molecule has 0 aliphatic rings. The van der Waals surface area contributed by atoms with Gasteiger partial charge in [-0.3, -0.25) is 4.98 Å². The van der Waals surface area contributed by atoms with E-state index in [1.54, 1.807) is 18.5 Å². The Balaban J connectivity index is 2.91. The molecule has 0 aliphatic heterocycles. The predicted molar refractivity (Wildman–Crippen MR) is 69.5 cm³/mol. The highest BCUT2D eigenvalue weighted by atomic mass is 15.0. The number of hydrogen-bond donors (Lipinski definition) is 2. The van der Waals surface area contributed by atoms with E-state index in [4.69, 9.17) is 11.0 Å². The lowest BCUT2D eigenvalue weighted by Crippen LogP contribution is -2.43. The normalized spacial score (nSPS) is 14.1. The lowest BCUT2D eigenvalue weighted by molar-refractivity contribution is 0.407. The van der Waals surface area contributed by atoms with Gasteiger partial charge in [0.05, 0.1) is 17.4 Å². The van der Waals surface area contributed by atoms with E-state index >= 15 is 0 Å². The van der Waals surface area contributed by atoms with Gasteiger partial charge in [0.1, 0.15) is 6.07 Å². The topological polar surface area (TPSA) is 74.7 Å². The van der Waals surface area contributed by atoms with Crippen LogP contribution in [-0.4, -0.2) is 17.1 Å². The second kappa shape index (κ2) is 5.65. The Morgan fingerprint density at radius 3 is 2.82 bits per heavy atom. The molecule has 0 aliphatic carbocycles. The highest BCUT2D eigenvalue weighted by Crippen LogP contribution is 2.23. The Hall–Kier alpha value is -1.60. The van der Waals surface area contributed by atoms with Gasteiger partial charge < -0.3 is 11.1 Å². The van der Waals surface area contributed by atoms with Gasteiger partial charge >= 0.3 is 0 Å². The summed E-state index contributed by atoms with van der Waals surface area (Å²) in [6, 6.07) is 3.86. The first-order valence-electron chi connectivity index (χ1n) is 5.83. The molecule has 0 aromatic carbocycles. The third-order valence-corrected chi connectivity index (χ3v) is 2.69. The smallest absolute Gasteiger partial charge is 0.101 e. The number of anilines is 1. The molecule has 4 nitrogen and oxygen atoms in total. The Labute approximate surface area is 103 Å². The fourth-order valence-corrected chi connectivity index (χ4v) is 2.00. The third kappa shape index (κ3) is 3.72. The molecule has 0 fully saturated rings. The fourth-order valence-electron chi connectivity index (χ4n) is 2.00. The van der Waals surface area contributed by atoms with Crippen LogP contribution in [-0.2, 0) is 0 Å². The molecule has 3 N–H and O–H groups in total. The maximum Gasteiger partial charge on any atom is 0.101 e. The number of pyridine rings is 1. The van der Waals surface area contributed by atoms with E-state index in [1.807, 2.05) is 0 Å². The van der Waals surface area contributed by atoms with Gasteiger partial charge in [0, 0.05) is 18.3 Å². The standard InChI is InChI=1S/C13H20N4/c1-10(2)6-13(3,9-15)17-12-8-16-5-4-11(12)7-14/h4-5,8,10,17H,6,9,15H2,1-3H3. The van der Waals surface area contributed by atoms with Gasteiger partial charge in [0.15, 0.2) is 0 Å². The molecule has 0 saturated carbocycles. The molecular weight excluding hydrogens is 212 g/mol. The zero-order chi connectivity index (χ0) is 12.9. The summed E-state index contributed by atoms with van der Waals surface area (Å²) >= 11 is 0. The Kier molecular flexibility index (Phi) is 4.47. The fraction of sp³-hybridized carbons (Fsp3) is 0.538. The molecule has 0 radical (unpaired) electrons. The molecule has 0 spiro atoms. The summed E-state index contributed by atoms with van der Waals surface area (Å²) < 4.78 is 0. The largest absolute Gasteiger partial charge is 0.376 e. The minimum absolute atomic E-state index is 0.206. The molecule has 1 unspecified atom stereocenters. The number of rotatable bonds is 5. The molecule has 0 bridgehead atoms. The van der Waals surface area contributed by atoms with E-state index in [0.29, 0.717) is 18.0 Å².